The van der Waals surface area contributed by atoms with Gasteiger partial charge in [0.2, 0.25) is 0 Å². The molecule has 0 aliphatic heterocycles. The van der Waals surface area contributed by atoms with Gasteiger partial charge in [0.15, 0.2) is 0 Å². The average molecular weight is 390 g/mol. The highest BCUT2D eigenvalue weighted by atomic mass is 14.9. The van der Waals surface area contributed by atoms with Gasteiger partial charge < -0.3 is 5.32 Å². The molecule has 148 valence electrons. The van der Waals surface area contributed by atoms with Crippen molar-refractivity contribution in [1.29, 1.82) is 0 Å². The van der Waals surface area contributed by atoms with Crippen molar-refractivity contribution in [3.63, 3.8) is 0 Å². The third-order valence-electron chi connectivity index (χ3n) is 6.33. The molecule has 0 aromatic heterocycles. The Hall–Kier alpha value is -3.32. The minimum Gasteiger partial charge on any atom is -0.381 e. The minimum absolute atomic E-state index is 0.308. The number of hydrogen-bond acceptors (Lipinski definition) is 1. The summed E-state index contributed by atoms with van der Waals surface area (Å²) in [5.41, 5.74) is 10.7. The lowest BCUT2D eigenvalue weighted by Gasteiger charge is -2.21. The van der Waals surface area contributed by atoms with Gasteiger partial charge in [-0.05, 0) is 64.9 Å². The quantitative estimate of drug-likeness (QED) is 0.380. The molecule has 0 amide bonds. The highest BCUT2D eigenvalue weighted by molar-refractivity contribution is 5.88. The molecule has 1 aliphatic rings. The van der Waals surface area contributed by atoms with Crippen LogP contribution in [-0.4, -0.2) is 0 Å². The zero-order valence-electron chi connectivity index (χ0n) is 17.9. The van der Waals surface area contributed by atoms with Crippen molar-refractivity contribution in [2.24, 2.45) is 0 Å². The van der Waals surface area contributed by atoms with Crippen molar-refractivity contribution in [3.8, 4) is 0 Å². The molecule has 4 aromatic rings. The first-order valence-electron chi connectivity index (χ1n) is 10.7. The molecule has 0 heterocycles. The summed E-state index contributed by atoms with van der Waals surface area (Å²) in [4.78, 5) is 0. The molecular formula is C29H27N. The zero-order chi connectivity index (χ0) is 20.7. The molecule has 1 heteroatoms. The Bertz CT molecular complexity index is 1260. The second kappa shape index (κ2) is 7.50. The molecule has 1 aliphatic carbocycles. The summed E-state index contributed by atoms with van der Waals surface area (Å²) in [7, 11) is 0. The van der Waals surface area contributed by atoms with Crippen LogP contribution in [0.15, 0.2) is 78.9 Å². The molecule has 1 nitrogen and oxygen atoms in total. The Morgan fingerprint density at radius 2 is 1.50 bits per heavy atom. The molecule has 0 spiro atoms. The van der Waals surface area contributed by atoms with E-state index >= 15 is 0 Å². The summed E-state index contributed by atoms with van der Waals surface area (Å²) in [5.74, 6) is 0.308. The van der Waals surface area contributed by atoms with Gasteiger partial charge in [0.05, 0.1) is 0 Å². The van der Waals surface area contributed by atoms with Crippen LogP contribution < -0.4 is 5.32 Å². The number of allylic oxidation sites excluding steroid dienone is 1. The van der Waals surface area contributed by atoms with E-state index in [0.717, 1.165) is 6.54 Å². The van der Waals surface area contributed by atoms with Gasteiger partial charge in [0, 0.05) is 18.2 Å². The molecule has 0 radical (unpaired) electrons. The van der Waals surface area contributed by atoms with E-state index in [-0.39, 0.29) is 0 Å². The van der Waals surface area contributed by atoms with Gasteiger partial charge in [0.25, 0.3) is 0 Å². The van der Waals surface area contributed by atoms with Gasteiger partial charge >= 0.3 is 0 Å². The molecule has 30 heavy (non-hydrogen) atoms. The van der Waals surface area contributed by atoms with Crippen LogP contribution in [-0.2, 0) is 6.54 Å². The smallest absolute Gasteiger partial charge is 0.0410 e. The average Bonchev–Trinajstić information content (AvgIpc) is 3.17. The Balaban J connectivity index is 1.60. The normalized spacial score (nSPS) is 14.8. The van der Waals surface area contributed by atoms with Crippen molar-refractivity contribution in [1.82, 2.24) is 0 Å². The number of aryl methyl sites for hydroxylation is 3. The predicted octanol–water partition coefficient (Wildman–Crippen LogP) is 7.54. The summed E-state index contributed by atoms with van der Waals surface area (Å²) in [5, 5.41) is 6.41. The van der Waals surface area contributed by atoms with Crippen LogP contribution in [0.1, 0.15) is 44.9 Å². The van der Waals surface area contributed by atoms with E-state index in [2.05, 4.69) is 111 Å². The molecule has 0 bridgehead atoms. The summed E-state index contributed by atoms with van der Waals surface area (Å²) < 4.78 is 0. The van der Waals surface area contributed by atoms with Crippen LogP contribution >= 0.6 is 0 Å². The Labute approximate surface area is 179 Å². The zero-order valence-corrected chi connectivity index (χ0v) is 17.9. The van der Waals surface area contributed by atoms with E-state index in [1.165, 1.54) is 55.4 Å². The van der Waals surface area contributed by atoms with Crippen LogP contribution in [0.25, 0.3) is 16.8 Å². The number of rotatable bonds is 4. The molecule has 1 N–H and O–H groups in total. The van der Waals surface area contributed by atoms with E-state index in [1.54, 1.807) is 0 Å². The van der Waals surface area contributed by atoms with Crippen LogP contribution in [0.5, 0.6) is 0 Å². The third-order valence-corrected chi connectivity index (χ3v) is 6.33. The van der Waals surface area contributed by atoms with Gasteiger partial charge in [-0.1, -0.05) is 90.5 Å². The SMILES string of the molecule is Cc1cc(C)c(NCc2c(C3C=Cc4ccccc43)ccc3ccccc23)c(C)c1. The minimum atomic E-state index is 0.308. The monoisotopic (exact) mass is 389 g/mol. The fourth-order valence-corrected chi connectivity index (χ4v) is 5.00. The first-order valence-corrected chi connectivity index (χ1v) is 10.7. The van der Waals surface area contributed by atoms with Crippen LogP contribution in [0.4, 0.5) is 5.69 Å². The topological polar surface area (TPSA) is 12.0 Å². The van der Waals surface area contributed by atoms with Gasteiger partial charge in [-0.15, -0.1) is 0 Å². The lowest BCUT2D eigenvalue weighted by atomic mass is 9.87. The van der Waals surface area contributed by atoms with Crippen molar-refractivity contribution >= 4 is 22.5 Å². The standard InChI is InChI=1S/C29H27N/c1-19-16-20(2)29(21(3)17-19)30-18-28-25-11-7-5-9-23(25)13-15-27(28)26-14-12-22-8-4-6-10-24(22)26/h4-17,26,30H,18H2,1-3H3. The summed E-state index contributed by atoms with van der Waals surface area (Å²) >= 11 is 0. The van der Waals surface area contributed by atoms with E-state index in [0.29, 0.717) is 5.92 Å². The third kappa shape index (κ3) is 3.21. The van der Waals surface area contributed by atoms with Crippen molar-refractivity contribution in [3.05, 3.63) is 118 Å². The lowest BCUT2D eigenvalue weighted by molar-refractivity contribution is 1.000. The summed E-state index contributed by atoms with van der Waals surface area (Å²) in [6, 6.07) is 26.6. The maximum absolute atomic E-state index is 3.78. The number of benzene rings is 4. The molecule has 1 atom stereocenters. The van der Waals surface area contributed by atoms with Crippen molar-refractivity contribution in [2.45, 2.75) is 33.2 Å². The maximum Gasteiger partial charge on any atom is 0.0410 e. The first kappa shape index (κ1) is 18.7. The van der Waals surface area contributed by atoms with Crippen LogP contribution in [0.2, 0.25) is 0 Å². The van der Waals surface area contributed by atoms with Gasteiger partial charge in [0.1, 0.15) is 0 Å². The summed E-state index contributed by atoms with van der Waals surface area (Å²) in [6.07, 6.45) is 4.61. The highest BCUT2D eigenvalue weighted by Crippen LogP contribution is 2.39. The fourth-order valence-electron chi connectivity index (χ4n) is 5.00. The highest BCUT2D eigenvalue weighted by Gasteiger charge is 2.22. The second-order valence-electron chi connectivity index (χ2n) is 8.45. The fraction of sp³-hybridized carbons (Fsp3) is 0.172. The second-order valence-corrected chi connectivity index (χ2v) is 8.45. The van der Waals surface area contributed by atoms with E-state index < -0.39 is 0 Å². The van der Waals surface area contributed by atoms with Gasteiger partial charge in [-0.2, -0.15) is 0 Å². The number of hydrogen-bond donors (Lipinski definition) is 1. The Kier molecular flexibility index (Phi) is 4.67. The van der Waals surface area contributed by atoms with Gasteiger partial charge in [-0.3, -0.25) is 0 Å². The molecule has 0 fully saturated rings. The Morgan fingerprint density at radius 3 is 2.33 bits per heavy atom. The molecule has 5 rings (SSSR count). The molecular weight excluding hydrogens is 362 g/mol. The molecule has 1 unspecified atom stereocenters. The number of nitrogens with one attached hydrogen (secondary N) is 1. The van der Waals surface area contributed by atoms with Crippen molar-refractivity contribution in [2.75, 3.05) is 5.32 Å². The lowest BCUT2D eigenvalue weighted by Crippen LogP contribution is -2.09. The van der Waals surface area contributed by atoms with Crippen molar-refractivity contribution < 1.29 is 0 Å². The van der Waals surface area contributed by atoms with Crippen LogP contribution in [0.3, 0.4) is 0 Å². The van der Waals surface area contributed by atoms with E-state index in [4.69, 9.17) is 0 Å². The first-order chi connectivity index (χ1) is 14.6. The molecule has 0 saturated heterocycles. The predicted molar refractivity (Wildman–Crippen MR) is 129 cm³/mol. The summed E-state index contributed by atoms with van der Waals surface area (Å²) in [6.45, 7) is 7.37. The maximum atomic E-state index is 3.78. The van der Waals surface area contributed by atoms with E-state index in [9.17, 15) is 0 Å². The molecule has 4 aromatic carbocycles. The van der Waals surface area contributed by atoms with Gasteiger partial charge in [-0.25, -0.2) is 0 Å². The largest absolute Gasteiger partial charge is 0.381 e. The number of fused-ring (bicyclic) bond motifs is 2. The van der Waals surface area contributed by atoms with E-state index in [1.807, 2.05) is 0 Å². The number of anilines is 1. The molecule has 0 saturated carbocycles. The van der Waals surface area contributed by atoms with Crippen LogP contribution in [0, 0.1) is 20.8 Å². The Morgan fingerprint density at radius 1 is 0.767 bits per heavy atom.